The van der Waals surface area contributed by atoms with E-state index in [1.165, 1.54) is 0 Å². The Morgan fingerprint density at radius 2 is 2.16 bits per heavy atom. The van der Waals surface area contributed by atoms with E-state index in [-0.39, 0.29) is 12.0 Å². The molecule has 1 fully saturated rings. The number of alkyl halides is 1. The molecule has 0 saturated carbocycles. The lowest BCUT2D eigenvalue weighted by Gasteiger charge is -2.31. The van der Waals surface area contributed by atoms with E-state index in [0.29, 0.717) is 42.9 Å². The number of aromatic nitrogens is 1. The standard InChI is InChI=1S/C13H19ClN2O3/c1-9-12(19-10(2)15-9)13(17)16-6-3-11(4-7-16)18-8-5-14/h11H,3-8H2,1-2H3. The molecule has 19 heavy (non-hydrogen) atoms. The van der Waals surface area contributed by atoms with E-state index in [4.69, 9.17) is 20.8 Å². The van der Waals surface area contributed by atoms with E-state index in [9.17, 15) is 4.79 Å². The van der Waals surface area contributed by atoms with Crippen LogP contribution in [-0.2, 0) is 4.74 Å². The molecule has 0 aromatic carbocycles. The van der Waals surface area contributed by atoms with Gasteiger partial charge in [-0.25, -0.2) is 4.98 Å². The fourth-order valence-corrected chi connectivity index (χ4v) is 2.40. The highest BCUT2D eigenvalue weighted by Gasteiger charge is 2.27. The van der Waals surface area contributed by atoms with Crippen molar-refractivity contribution in [3.63, 3.8) is 0 Å². The number of nitrogens with zero attached hydrogens (tertiary/aromatic N) is 2. The Morgan fingerprint density at radius 1 is 1.47 bits per heavy atom. The fourth-order valence-electron chi connectivity index (χ4n) is 2.31. The van der Waals surface area contributed by atoms with Crippen LogP contribution in [0.3, 0.4) is 0 Å². The van der Waals surface area contributed by atoms with Gasteiger partial charge in [-0.3, -0.25) is 4.79 Å². The lowest BCUT2D eigenvalue weighted by molar-refractivity contribution is 0.0144. The topological polar surface area (TPSA) is 55.6 Å². The average molecular weight is 287 g/mol. The van der Waals surface area contributed by atoms with Crippen molar-refractivity contribution < 1.29 is 13.9 Å². The fraction of sp³-hybridized carbons (Fsp3) is 0.692. The number of carbonyl (C=O) groups excluding carboxylic acids is 1. The largest absolute Gasteiger partial charge is 0.436 e. The van der Waals surface area contributed by atoms with Gasteiger partial charge in [-0.05, 0) is 19.8 Å². The monoisotopic (exact) mass is 286 g/mol. The van der Waals surface area contributed by atoms with Gasteiger partial charge in [-0.1, -0.05) is 0 Å². The second-order valence-corrected chi connectivity index (χ2v) is 5.08. The van der Waals surface area contributed by atoms with Crippen LogP contribution in [0.25, 0.3) is 0 Å². The SMILES string of the molecule is Cc1nc(C)c(C(=O)N2CCC(OCCCl)CC2)o1. The second kappa shape index (κ2) is 6.39. The quantitative estimate of drug-likeness (QED) is 0.796. The van der Waals surface area contributed by atoms with Gasteiger partial charge in [0.15, 0.2) is 5.89 Å². The van der Waals surface area contributed by atoms with Crippen LogP contribution in [0.2, 0.25) is 0 Å². The number of rotatable bonds is 4. The van der Waals surface area contributed by atoms with Crippen molar-refractivity contribution in [1.29, 1.82) is 0 Å². The third-order valence-corrected chi connectivity index (χ3v) is 3.41. The van der Waals surface area contributed by atoms with Gasteiger partial charge in [0, 0.05) is 25.9 Å². The lowest BCUT2D eigenvalue weighted by atomic mass is 10.1. The summed E-state index contributed by atoms with van der Waals surface area (Å²) in [7, 11) is 0. The zero-order valence-corrected chi connectivity index (χ0v) is 12.1. The minimum absolute atomic E-state index is 0.0751. The third-order valence-electron chi connectivity index (χ3n) is 3.26. The molecular weight excluding hydrogens is 268 g/mol. The number of hydrogen-bond acceptors (Lipinski definition) is 4. The Labute approximate surface area is 117 Å². The molecule has 1 aromatic heterocycles. The van der Waals surface area contributed by atoms with Crippen LogP contribution < -0.4 is 0 Å². The number of amides is 1. The summed E-state index contributed by atoms with van der Waals surface area (Å²) >= 11 is 5.59. The summed E-state index contributed by atoms with van der Waals surface area (Å²) in [6, 6.07) is 0. The van der Waals surface area contributed by atoms with Crippen molar-refractivity contribution >= 4 is 17.5 Å². The highest BCUT2D eigenvalue weighted by Crippen LogP contribution is 2.18. The number of carbonyl (C=O) groups is 1. The van der Waals surface area contributed by atoms with Crippen molar-refractivity contribution in [3.05, 3.63) is 17.3 Å². The van der Waals surface area contributed by atoms with Gasteiger partial charge in [0.05, 0.1) is 18.4 Å². The second-order valence-electron chi connectivity index (χ2n) is 4.70. The van der Waals surface area contributed by atoms with E-state index in [0.717, 1.165) is 12.8 Å². The van der Waals surface area contributed by atoms with E-state index >= 15 is 0 Å². The third kappa shape index (κ3) is 3.48. The number of halogens is 1. The summed E-state index contributed by atoms with van der Waals surface area (Å²) in [6.07, 6.45) is 1.89. The maximum absolute atomic E-state index is 12.3. The van der Waals surface area contributed by atoms with Gasteiger partial charge >= 0.3 is 0 Å². The van der Waals surface area contributed by atoms with Crippen LogP contribution in [0.5, 0.6) is 0 Å². The van der Waals surface area contributed by atoms with Crippen LogP contribution in [0.1, 0.15) is 35.0 Å². The Hall–Kier alpha value is -1.07. The molecule has 6 heteroatoms. The average Bonchev–Trinajstić information content (AvgIpc) is 2.75. The van der Waals surface area contributed by atoms with Crippen LogP contribution in [0.4, 0.5) is 0 Å². The highest BCUT2D eigenvalue weighted by molar-refractivity contribution is 6.17. The predicted octanol–water partition coefficient (Wildman–Crippen LogP) is 2.15. The van der Waals surface area contributed by atoms with E-state index in [1.54, 1.807) is 18.7 Å². The molecule has 2 rings (SSSR count). The van der Waals surface area contributed by atoms with Crippen LogP contribution in [-0.4, -0.2) is 47.5 Å². The van der Waals surface area contributed by atoms with E-state index in [1.807, 2.05) is 0 Å². The minimum atomic E-state index is -0.0751. The summed E-state index contributed by atoms with van der Waals surface area (Å²) < 4.78 is 11.0. The first-order valence-corrected chi connectivity index (χ1v) is 7.06. The van der Waals surface area contributed by atoms with E-state index in [2.05, 4.69) is 4.98 Å². The van der Waals surface area contributed by atoms with Gasteiger partial charge in [0.1, 0.15) is 0 Å². The molecule has 1 aliphatic rings. The van der Waals surface area contributed by atoms with Crippen molar-refractivity contribution in [2.75, 3.05) is 25.6 Å². The lowest BCUT2D eigenvalue weighted by Crippen LogP contribution is -2.41. The van der Waals surface area contributed by atoms with Crippen LogP contribution in [0.15, 0.2) is 4.42 Å². The zero-order chi connectivity index (χ0) is 13.8. The summed E-state index contributed by atoms with van der Waals surface area (Å²) in [5.41, 5.74) is 0.656. The molecule has 0 radical (unpaired) electrons. The first-order chi connectivity index (χ1) is 9.11. The molecule has 106 valence electrons. The Bertz CT molecular complexity index is 439. The predicted molar refractivity (Wildman–Crippen MR) is 71.6 cm³/mol. The number of likely N-dealkylation sites (tertiary alicyclic amines) is 1. The minimum Gasteiger partial charge on any atom is -0.436 e. The molecular formula is C13H19ClN2O3. The molecule has 0 unspecified atom stereocenters. The molecule has 0 bridgehead atoms. The smallest absolute Gasteiger partial charge is 0.291 e. The Balaban J connectivity index is 1.91. The van der Waals surface area contributed by atoms with E-state index < -0.39 is 0 Å². The van der Waals surface area contributed by atoms with Crippen molar-refractivity contribution in [1.82, 2.24) is 9.88 Å². The van der Waals surface area contributed by atoms with Gasteiger partial charge in [0.25, 0.3) is 5.91 Å². The molecule has 5 nitrogen and oxygen atoms in total. The van der Waals surface area contributed by atoms with Gasteiger partial charge < -0.3 is 14.1 Å². The molecule has 1 amide bonds. The highest BCUT2D eigenvalue weighted by atomic mass is 35.5. The molecule has 0 atom stereocenters. The molecule has 1 aromatic rings. The summed E-state index contributed by atoms with van der Waals surface area (Å²) in [5, 5.41) is 0. The van der Waals surface area contributed by atoms with Gasteiger partial charge in [0.2, 0.25) is 5.76 Å². The Kier molecular flexibility index (Phi) is 4.82. The van der Waals surface area contributed by atoms with Crippen molar-refractivity contribution in [2.45, 2.75) is 32.8 Å². The molecule has 0 spiro atoms. The van der Waals surface area contributed by atoms with Crippen molar-refractivity contribution in [2.24, 2.45) is 0 Å². The number of piperidine rings is 1. The number of oxazole rings is 1. The number of hydrogen-bond donors (Lipinski definition) is 0. The van der Waals surface area contributed by atoms with Crippen molar-refractivity contribution in [3.8, 4) is 0 Å². The number of ether oxygens (including phenoxy) is 1. The summed E-state index contributed by atoms with van der Waals surface area (Å²) in [4.78, 5) is 18.2. The zero-order valence-electron chi connectivity index (χ0n) is 11.3. The molecule has 1 saturated heterocycles. The van der Waals surface area contributed by atoms with Gasteiger partial charge in [-0.2, -0.15) is 0 Å². The van der Waals surface area contributed by atoms with Crippen LogP contribution >= 0.6 is 11.6 Å². The normalized spacial score (nSPS) is 16.9. The molecule has 0 N–H and O–H groups in total. The summed E-state index contributed by atoms with van der Waals surface area (Å²) in [5.74, 6) is 1.32. The molecule has 2 heterocycles. The first-order valence-electron chi connectivity index (χ1n) is 6.52. The first kappa shape index (κ1) is 14.3. The maximum Gasteiger partial charge on any atom is 0.291 e. The van der Waals surface area contributed by atoms with Gasteiger partial charge in [-0.15, -0.1) is 11.6 Å². The summed E-state index contributed by atoms with van der Waals surface area (Å²) in [6.45, 7) is 5.48. The molecule has 0 aliphatic carbocycles. The molecule has 1 aliphatic heterocycles. The van der Waals surface area contributed by atoms with Crippen LogP contribution in [0, 0.1) is 13.8 Å². The number of aryl methyl sites for hydroxylation is 2. The maximum atomic E-state index is 12.3. The Morgan fingerprint density at radius 3 is 2.68 bits per heavy atom.